The fraction of sp³-hybridized carbons (Fsp3) is 0.176. The summed E-state index contributed by atoms with van der Waals surface area (Å²) in [7, 11) is 0. The van der Waals surface area contributed by atoms with Gasteiger partial charge in [-0.2, -0.15) is 0 Å². The number of rotatable bonds is 6. The van der Waals surface area contributed by atoms with Crippen molar-refractivity contribution in [2.75, 3.05) is 5.32 Å². The number of hydrogen-bond donors (Lipinski definition) is 4. The Balaban J connectivity index is 1.79. The second-order valence-corrected chi connectivity index (χ2v) is 6.73. The zero-order valence-corrected chi connectivity index (χ0v) is 14.7. The number of carbonyl (C=O) groups is 3. The van der Waals surface area contributed by atoms with Gasteiger partial charge in [0.2, 0.25) is 11.8 Å². The summed E-state index contributed by atoms with van der Waals surface area (Å²) < 4.78 is 0. The number of aromatic nitrogens is 2. The minimum absolute atomic E-state index is 0.244. The standard InChI is InChI=1S/C17H17N5O3S/c1-9(23)21-13(6-10-7-19-12-5-3-2-4-11(10)12)16(25)22-17-20-8-14(26-17)15(18)24/h2-5,7-8,13,19H,6H2,1H3,(H2,18,24)(H,21,23)(H,20,22,25). The number of carbonyl (C=O) groups excluding carboxylic acids is 3. The average molecular weight is 371 g/mol. The minimum atomic E-state index is -0.785. The molecule has 0 saturated carbocycles. The molecular formula is C17H17N5O3S. The Morgan fingerprint density at radius 3 is 2.77 bits per heavy atom. The number of fused-ring (bicyclic) bond motifs is 1. The van der Waals surface area contributed by atoms with Gasteiger partial charge in [0, 0.05) is 30.4 Å². The van der Waals surface area contributed by atoms with E-state index in [-0.39, 0.29) is 15.9 Å². The first kappa shape index (κ1) is 17.6. The van der Waals surface area contributed by atoms with E-state index >= 15 is 0 Å². The van der Waals surface area contributed by atoms with Crippen molar-refractivity contribution in [3.05, 3.63) is 47.1 Å². The first-order valence-corrected chi connectivity index (χ1v) is 8.64. The number of amides is 3. The molecular weight excluding hydrogens is 354 g/mol. The van der Waals surface area contributed by atoms with Gasteiger partial charge in [0.25, 0.3) is 5.91 Å². The van der Waals surface area contributed by atoms with Crippen LogP contribution in [0, 0.1) is 0 Å². The molecule has 0 aliphatic rings. The molecule has 1 unspecified atom stereocenters. The Kier molecular flexibility index (Phi) is 4.99. The van der Waals surface area contributed by atoms with E-state index in [0.717, 1.165) is 27.8 Å². The second kappa shape index (κ2) is 7.36. The molecule has 0 spiro atoms. The lowest BCUT2D eigenvalue weighted by Gasteiger charge is -2.16. The predicted molar refractivity (Wildman–Crippen MR) is 98.9 cm³/mol. The second-order valence-electron chi connectivity index (χ2n) is 5.70. The molecule has 5 N–H and O–H groups in total. The molecule has 9 heteroatoms. The van der Waals surface area contributed by atoms with Crippen LogP contribution in [0.25, 0.3) is 10.9 Å². The summed E-state index contributed by atoms with van der Waals surface area (Å²) in [5.74, 6) is -1.35. The highest BCUT2D eigenvalue weighted by Gasteiger charge is 2.22. The normalized spacial score (nSPS) is 11.9. The summed E-state index contributed by atoms with van der Waals surface area (Å²) in [5, 5.41) is 6.51. The smallest absolute Gasteiger partial charge is 0.260 e. The highest BCUT2D eigenvalue weighted by atomic mass is 32.1. The molecule has 0 aliphatic heterocycles. The SMILES string of the molecule is CC(=O)NC(Cc1c[nH]c2ccccc12)C(=O)Nc1ncc(C(N)=O)s1. The van der Waals surface area contributed by atoms with E-state index in [1.807, 2.05) is 30.5 Å². The van der Waals surface area contributed by atoms with Crippen LogP contribution in [-0.4, -0.2) is 33.7 Å². The van der Waals surface area contributed by atoms with Crippen LogP contribution in [0.4, 0.5) is 5.13 Å². The van der Waals surface area contributed by atoms with Gasteiger partial charge in [-0.15, -0.1) is 0 Å². The molecule has 3 amide bonds. The molecule has 1 aromatic carbocycles. The van der Waals surface area contributed by atoms with Crippen molar-refractivity contribution in [3.8, 4) is 0 Å². The Labute approximate surface area is 152 Å². The first-order chi connectivity index (χ1) is 12.4. The molecule has 0 saturated heterocycles. The Hall–Kier alpha value is -3.20. The Morgan fingerprint density at radius 2 is 2.08 bits per heavy atom. The number of benzene rings is 1. The van der Waals surface area contributed by atoms with E-state index in [1.165, 1.54) is 13.1 Å². The van der Waals surface area contributed by atoms with Crippen LogP contribution in [-0.2, 0) is 16.0 Å². The first-order valence-electron chi connectivity index (χ1n) is 7.82. The summed E-state index contributed by atoms with van der Waals surface area (Å²) in [6.07, 6.45) is 3.43. The Bertz CT molecular complexity index is 978. The largest absolute Gasteiger partial charge is 0.365 e. The number of primary amides is 1. The molecule has 0 fully saturated rings. The summed E-state index contributed by atoms with van der Waals surface area (Å²) in [6, 6.07) is 6.93. The number of nitrogens with zero attached hydrogens (tertiary/aromatic N) is 1. The maximum atomic E-state index is 12.6. The summed E-state index contributed by atoms with van der Waals surface area (Å²) in [4.78, 5) is 42.6. The topological polar surface area (TPSA) is 130 Å². The predicted octanol–water partition coefficient (Wildman–Crippen LogP) is 1.41. The molecule has 3 rings (SSSR count). The van der Waals surface area contributed by atoms with Gasteiger partial charge in [-0.25, -0.2) is 4.98 Å². The van der Waals surface area contributed by atoms with Crippen molar-refractivity contribution in [3.63, 3.8) is 0 Å². The lowest BCUT2D eigenvalue weighted by atomic mass is 10.0. The van der Waals surface area contributed by atoms with Gasteiger partial charge in [0.15, 0.2) is 5.13 Å². The number of aromatic amines is 1. The number of anilines is 1. The van der Waals surface area contributed by atoms with Gasteiger partial charge in [-0.1, -0.05) is 29.5 Å². The minimum Gasteiger partial charge on any atom is -0.365 e. The lowest BCUT2D eigenvalue weighted by molar-refractivity contribution is -0.125. The molecule has 1 atom stereocenters. The molecule has 0 radical (unpaired) electrons. The van der Waals surface area contributed by atoms with E-state index in [1.54, 1.807) is 0 Å². The maximum absolute atomic E-state index is 12.6. The summed E-state index contributed by atoms with van der Waals surface area (Å²) >= 11 is 0.980. The van der Waals surface area contributed by atoms with Crippen LogP contribution >= 0.6 is 11.3 Å². The average Bonchev–Trinajstić information content (AvgIpc) is 3.21. The fourth-order valence-electron chi connectivity index (χ4n) is 2.61. The third-order valence-corrected chi connectivity index (χ3v) is 4.70. The molecule has 2 aromatic heterocycles. The van der Waals surface area contributed by atoms with Crippen LogP contribution in [0.5, 0.6) is 0 Å². The highest BCUT2D eigenvalue weighted by molar-refractivity contribution is 7.17. The molecule has 26 heavy (non-hydrogen) atoms. The van der Waals surface area contributed by atoms with Gasteiger partial charge in [-0.05, 0) is 11.6 Å². The van der Waals surface area contributed by atoms with E-state index in [2.05, 4.69) is 20.6 Å². The monoisotopic (exact) mass is 371 g/mol. The molecule has 0 aliphatic carbocycles. The van der Waals surface area contributed by atoms with E-state index in [9.17, 15) is 14.4 Å². The lowest BCUT2D eigenvalue weighted by Crippen LogP contribution is -2.44. The number of para-hydroxylation sites is 1. The van der Waals surface area contributed by atoms with Crippen molar-refractivity contribution >= 4 is 45.1 Å². The quantitative estimate of drug-likeness (QED) is 0.522. The number of nitrogens with two attached hydrogens (primary N) is 1. The zero-order chi connectivity index (χ0) is 18.7. The molecule has 3 aromatic rings. The summed E-state index contributed by atoms with van der Waals surface area (Å²) in [5.41, 5.74) is 7.05. The van der Waals surface area contributed by atoms with Crippen LogP contribution in [0.15, 0.2) is 36.7 Å². The van der Waals surface area contributed by atoms with Gasteiger partial charge in [-0.3, -0.25) is 14.4 Å². The number of nitrogens with one attached hydrogen (secondary N) is 3. The van der Waals surface area contributed by atoms with Crippen molar-refractivity contribution in [1.82, 2.24) is 15.3 Å². The van der Waals surface area contributed by atoms with Crippen molar-refractivity contribution in [1.29, 1.82) is 0 Å². The van der Waals surface area contributed by atoms with Crippen molar-refractivity contribution < 1.29 is 14.4 Å². The van der Waals surface area contributed by atoms with Crippen LogP contribution in [0.1, 0.15) is 22.2 Å². The van der Waals surface area contributed by atoms with Gasteiger partial charge in [0.05, 0.1) is 6.20 Å². The maximum Gasteiger partial charge on any atom is 0.260 e. The van der Waals surface area contributed by atoms with E-state index < -0.39 is 17.9 Å². The molecule has 2 heterocycles. The molecule has 134 valence electrons. The molecule has 0 bridgehead atoms. The number of hydrogen-bond acceptors (Lipinski definition) is 5. The highest BCUT2D eigenvalue weighted by Crippen LogP contribution is 2.21. The number of H-pyrrole nitrogens is 1. The van der Waals surface area contributed by atoms with Crippen molar-refractivity contribution in [2.24, 2.45) is 5.73 Å². The van der Waals surface area contributed by atoms with Crippen molar-refractivity contribution in [2.45, 2.75) is 19.4 Å². The third kappa shape index (κ3) is 3.89. The van der Waals surface area contributed by atoms with E-state index in [0.29, 0.717) is 6.42 Å². The van der Waals surface area contributed by atoms with Crippen LogP contribution in [0.2, 0.25) is 0 Å². The van der Waals surface area contributed by atoms with Gasteiger partial charge < -0.3 is 21.4 Å². The number of thiazole rings is 1. The zero-order valence-electron chi connectivity index (χ0n) is 13.9. The Morgan fingerprint density at radius 1 is 1.31 bits per heavy atom. The third-order valence-electron chi connectivity index (χ3n) is 3.77. The van der Waals surface area contributed by atoms with Gasteiger partial charge in [0.1, 0.15) is 10.9 Å². The van der Waals surface area contributed by atoms with Crippen LogP contribution in [0.3, 0.4) is 0 Å². The fourth-order valence-corrected chi connectivity index (χ4v) is 3.28. The van der Waals surface area contributed by atoms with Crippen LogP contribution < -0.4 is 16.4 Å². The molecule has 8 nitrogen and oxygen atoms in total. The van der Waals surface area contributed by atoms with Gasteiger partial charge >= 0.3 is 0 Å². The summed E-state index contributed by atoms with van der Waals surface area (Å²) in [6.45, 7) is 1.35. The van der Waals surface area contributed by atoms with E-state index in [4.69, 9.17) is 5.73 Å².